The first-order valence-corrected chi connectivity index (χ1v) is 15.0. The van der Waals surface area contributed by atoms with Crippen molar-refractivity contribution in [1.29, 1.82) is 0 Å². The van der Waals surface area contributed by atoms with Crippen molar-refractivity contribution in [2.24, 2.45) is 5.41 Å². The minimum absolute atomic E-state index is 0.259. The number of anilines is 1. The summed E-state index contributed by atoms with van der Waals surface area (Å²) < 4.78 is 6.58. The van der Waals surface area contributed by atoms with Crippen molar-refractivity contribution >= 4 is 57.6 Å². The quantitative estimate of drug-likeness (QED) is 0.318. The highest BCUT2D eigenvalue weighted by atomic mass is 35.5. The Kier molecular flexibility index (Phi) is 9.44. The van der Waals surface area contributed by atoms with E-state index < -0.39 is 30.1 Å². The van der Waals surface area contributed by atoms with Gasteiger partial charge in [-0.1, -0.05) is 74.8 Å². The highest BCUT2D eigenvalue weighted by Crippen LogP contribution is 2.42. The summed E-state index contributed by atoms with van der Waals surface area (Å²) in [5, 5.41) is 14.7. The molecule has 2 amide bonds. The Morgan fingerprint density at radius 1 is 1.10 bits per heavy atom. The summed E-state index contributed by atoms with van der Waals surface area (Å²) in [5.74, 6) is -1.44. The molecule has 3 aromatic carbocycles. The van der Waals surface area contributed by atoms with Crippen LogP contribution in [-0.4, -0.2) is 53.6 Å². The van der Waals surface area contributed by atoms with Gasteiger partial charge < -0.3 is 20.1 Å². The molecule has 3 atom stereocenters. The molecule has 1 aliphatic heterocycles. The first-order chi connectivity index (χ1) is 19.0. The molecule has 3 aromatic rings. The lowest BCUT2D eigenvalue weighted by molar-refractivity contribution is -0.143. The zero-order valence-corrected chi connectivity index (χ0v) is 24.7. The maximum atomic E-state index is 14.1. The van der Waals surface area contributed by atoms with Crippen LogP contribution in [0.5, 0.6) is 0 Å². The van der Waals surface area contributed by atoms with Crippen LogP contribution in [0.1, 0.15) is 50.8 Å². The molecule has 7 nitrogen and oxygen atoms in total. The zero-order chi connectivity index (χ0) is 29.0. The van der Waals surface area contributed by atoms with Crippen LogP contribution >= 0.6 is 23.4 Å². The molecule has 0 bridgehead atoms. The summed E-state index contributed by atoms with van der Waals surface area (Å²) in [4.78, 5) is 40.7. The van der Waals surface area contributed by atoms with Crippen LogP contribution in [-0.2, 0) is 19.1 Å². The van der Waals surface area contributed by atoms with E-state index in [4.69, 9.17) is 16.3 Å². The first kappa shape index (κ1) is 29.9. The molecular formula is C31H35ClN2O5S. The van der Waals surface area contributed by atoms with Gasteiger partial charge in [-0.05, 0) is 58.4 Å². The number of nitrogens with one attached hydrogen (secondary N) is 1. The average Bonchev–Trinajstić information content (AvgIpc) is 3.00. The van der Waals surface area contributed by atoms with Crippen LogP contribution in [0, 0.1) is 5.41 Å². The van der Waals surface area contributed by atoms with Crippen molar-refractivity contribution in [2.45, 2.75) is 51.9 Å². The van der Waals surface area contributed by atoms with Gasteiger partial charge in [0.2, 0.25) is 5.91 Å². The van der Waals surface area contributed by atoms with Gasteiger partial charge in [-0.15, -0.1) is 0 Å². The first-order valence-electron chi connectivity index (χ1n) is 13.2. The maximum Gasteiger partial charge on any atom is 0.326 e. The van der Waals surface area contributed by atoms with Crippen LogP contribution < -0.4 is 10.2 Å². The van der Waals surface area contributed by atoms with E-state index in [1.807, 2.05) is 81.6 Å². The number of fused-ring (bicyclic) bond motifs is 2. The molecule has 40 heavy (non-hydrogen) atoms. The minimum Gasteiger partial charge on any atom is -0.480 e. The highest BCUT2D eigenvalue weighted by molar-refractivity contribution is 7.98. The number of carboxylic acid groups (broad SMARTS) is 1. The third-order valence-electron chi connectivity index (χ3n) is 6.76. The molecule has 0 fully saturated rings. The van der Waals surface area contributed by atoms with Crippen molar-refractivity contribution in [3.8, 4) is 0 Å². The number of rotatable bonds is 9. The second-order valence-corrected chi connectivity index (χ2v) is 12.6. The molecule has 0 saturated carbocycles. The van der Waals surface area contributed by atoms with E-state index >= 15 is 0 Å². The lowest BCUT2D eigenvalue weighted by Crippen LogP contribution is -2.47. The minimum atomic E-state index is -1.15. The number of hydrogen-bond donors (Lipinski definition) is 2. The van der Waals surface area contributed by atoms with Crippen LogP contribution in [0.4, 0.5) is 5.69 Å². The Morgan fingerprint density at radius 3 is 2.52 bits per heavy atom. The number of hydrogen-bond acceptors (Lipinski definition) is 5. The summed E-state index contributed by atoms with van der Waals surface area (Å²) in [6.45, 7) is 6.49. The van der Waals surface area contributed by atoms with Crippen molar-refractivity contribution in [1.82, 2.24) is 5.32 Å². The molecule has 0 unspecified atom stereocenters. The molecule has 4 rings (SSSR count). The maximum absolute atomic E-state index is 14.1. The van der Waals surface area contributed by atoms with Crippen LogP contribution in [0.15, 0.2) is 60.7 Å². The highest BCUT2D eigenvalue weighted by Gasteiger charge is 2.39. The molecule has 9 heteroatoms. The summed E-state index contributed by atoms with van der Waals surface area (Å²) in [6.07, 6.45) is -0.00273. The second-order valence-electron chi connectivity index (χ2n) is 11.2. The van der Waals surface area contributed by atoms with E-state index in [0.717, 1.165) is 21.9 Å². The van der Waals surface area contributed by atoms with Crippen molar-refractivity contribution < 1.29 is 24.2 Å². The topological polar surface area (TPSA) is 95.9 Å². The fourth-order valence-corrected chi connectivity index (χ4v) is 5.63. The Morgan fingerprint density at radius 2 is 1.82 bits per heavy atom. The van der Waals surface area contributed by atoms with Gasteiger partial charge in [0.25, 0.3) is 5.91 Å². The molecule has 0 aromatic heterocycles. The molecule has 0 aliphatic carbocycles. The molecule has 0 spiro atoms. The van der Waals surface area contributed by atoms with E-state index in [0.29, 0.717) is 23.0 Å². The second kappa shape index (κ2) is 12.6. The number of halogens is 1. The number of carbonyl (C=O) groups is 3. The number of carboxylic acids is 1. The third-order valence-corrected chi connectivity index (χ3v) is 7.64. The molecule has 2 N–H and O–H groups in total. The van der Waals surface area contributed by atoms with Gasteiger partial charge in [-0.3, -0.25) is 9.59 Å². The van der Waals surface area contributed by atoms with E-state index in [1.54, 1.807) is 11.0 Å². The smallest absolute Gasteiger partial charge is 0.326 e. The normalized spacial score (nSPS) is 18.2. The van der Waals surface area contributed by atoms with E-state index in [2.05, 4.69) is 5.32 Å². The Balaban J connectivity index is 1.80. The van der Waals surface area contributed by atoms with Crippen LogP contribution in [0.2, 0.25) is 5.02 Å². The van der Waals surface area contributed by atoms with Gasteiger partial charge in [0, 0.05) is 22.8 Å². The molecule has 0 radical (unpaired) electrons. The van der Waals surface area contributed by atoms with Gasteiger partial charge in [0.15, 0.2) is 0 Å². The van der Waals surface area contributed by atoms with E-state index in [-0.39, 0.29) is 24.2 Å². The zero-order valence-electron chi connectivity index (χ0n) is 23.1. The summed E-state index contributed by atoms with van der Waals surface area (Å²) in [5.41, 5.74) is 1.99. The third kappa shape index (κ3) is 6.97. The Bertz CT molecular complexity index is 1400. The fourth-order valence-electron chi connectivity index (χ4n) is 4.98. The molecule has 212 valence electrons. The molecule has 0 saturated heterocycles. The average molecular weight is 583 g/mol. The monoisotopic (exact) mass is 582 g/mol. The van der Waals surface area contributed by atoms with Crippen molar-refractivity contribution in [2.75, 3.05) is 23.5 Å². The lowest BCUT2D eigenvalue weighted by Gasteiger charge is -2.31. The van der Waals surface area contributed by atoms with Crippen LogP contribution in [0.3, 0.4) is 0 Å². The molecule has 1 aliphatic rings. The van der Waals surface area contributed by atoms with Crippen molar-refractivity contribution in [3.63, 3.8) is 0 Å². The number of carbonyl (C=O) groups excluding carboxylic acids is 2. The summed E-state index contributed by atoms with van der Waals surface area (Å²) >= 11 is 7.99. The number of thioether (sulfide) groups is 1. The number of ether oxygens (including phenoxy) is 1. The van der Waals surface area contributed by atoms with E-state index in [1.165, 1.54) is 11.8 Å². The number of nitrogens with zero attached hydrogens (tertiary/aromatic N) is 1. The molecule has 1 heterocycles. The van der Waals surface area contributed by atoms with Gasteiger partial charge in [0.05, 0.1) is 6.42 Å². The van der Waals surface area contributed by atoms with Crippen molar-refractivity contribution in [3.05, 3.63) is 76.8 Å². The largest absolute Gasteiger partial charge is 0.480 e. The summed E-state index contributed by atoms with van der Waals surface area (Å²) in [6, 6.07) is 18.2. The fraction of sp³-hybridized carbons (Fsp3) is 0.387. The number of aliphatic carboxylic acids is 1. The van der Waals surface area contributed by atoms with Gasteiger partial charge in [-0.25, -0.2) is 4.79 Å². The lowest BCUT2D eigenvalue weighted by atomic mass is 9.93. The van der Waals surface area contributed by atoms with Gasteiger partial charge >= 0.3 is 5.97 Å². The molecular weight excluding hydrogens is 548 g/mol. The Hall–Kier alpha value is -3.07. The number of benzene rings is 3. The predicted octanol–water partition coefficient (Wildman–Crippen LogP) is 6.07. The standard InChI is InChI=1S/C31H35ClN2O5S/c1-31(2,3)18-34-25-13-12-20(32)16-23(25)28(22-11-7-9-19-8-5-6-10-21(19)22)39-26(29(34)36)17-27(35)33-24(30(37)38)14-15-40-4/h5-13,16,24,26,28H,14-15,17-18H2,1-4H3,(H,33,35)(H,37,38)/t24-,26-,28-/m0/s1. The number of amides is 2. The SMILES string of the molecule is CSCC[C@H](NC(=O)C[C@@H]1O[C@@H](c2cccc3ccccc23)c2cc(Cl)ccc2N(CC(C)(C)C)C1=O)C(=O)O. The van der Waals surface area contributed by atoms with Crippen LogP contribution in [0.25, 0.3) is 10.8 Å². The van der Waals surface area contributed by atoms with E-state index in [9.17, 15) is 19.5 Å². The van der Waals surface area contributed by atoms with Gasteiger partial charge in [0.1, 0.15) is 18.2 Å². The van der Waals surface area contributed by atoms with Gasteiger partial charge in [-0.2, -0.15) is 11.8 Å². The Labute approximate surface area is 244 Å². The predicted molar refractivity (Wildman–Crippen MR) is 161 cm³/mol. The summed E-state index contributed by atoms with van der Waals surface area (Å²) in [7, 11) is 0.